The third kappa shape index (κ3) is 2.36. The maximum atomic E-state index is 11.4. The van der Waals surface area contributed by atoms with E-state index in [1.54, 1.807) is 4.90 Å². The molecule has 7 nitrogen and oxygen atoms in total. The van der Waals surface area contributed by atoms with Gasteiger partial charge in [0.1, 0.15) is 6.10 Å². The van der Waals surface area contributed by atoms with Gasteiger partial charge in [-0.3, -0.25) is 4.79 Å². The summed E-state index contributed by atoms with van der Waals surface area (Å²) in [6.45, 7) is 6.00. The second-order valence-electron chi connectivity index (χ2n) is 4.83. The van der Waals surface area contributed by atoms with Crippen molar-refractivity contribution < 1.29 is 14.3 Å². The number of amides is 1. The predicted molar refractivity (Wildman–Crippen MR) is 59.0 cm³/mol. The summed E-state index contributed by atoms with van der Waals surface area (Å²) in [6.07, 6.45) is -0.491. The Balaban J connectivity index is 2.21. The molecule has 94 valence electrons. The van der Waals surface area contributed by atoms with Crippen LogP contribution in [-0.2, 0) is 14.3 Å². The van der Waals surface area contributed by atoms with Crippen molar-refractivity contribution in [1.29, 1.82) is 0 Å². The van der Waals surface area contributed by atoms with Crippen molar-refractivity contribution >= 4 is 5.91 Å². The van der Waals surface area contributed by atoms with E-state index in [-0.39, 0.29) is 24.2 Å². The molecular weight excluding hydrogens is 224 g/mol. The van der Waals surface area contributed by atoms with Crippen molar-refractivity contribution in [2.75, 3.05) is 13.1 Å². The van der Waals surface area contributed by atoms with E-state index in [2.05, 4.69) is 10.0 Å². The lowest BCUT2D eigenvalue weighted by Gasteiger charge is -2.36. The van der Waals surface area contributed by atoms with E-state index >= 15 is 0 Å². The normalized spacial score (nSPS) is 35.0. The van der Waals surface area contributed by atoms with Crippen molar-refractivity contribution in [3.05, 3.63) is 10.4 Å². The Morgan fingerprint density at radius 1 is 1.47 bits per heavy atom. The molecule has 3 atom stereocenters. The number of rotatable bonds is 1. The summed E-state index contributed by atoms with van der Waals surface area (Å²) in [6, 6.07) is -0.385. The predicted octanol–water partition coefficient (Wildman–Crippen LogP) is 1.05. The van der Waals surface area contributed by atoms with Gasteiger partial charge in [0.05, 0.1) is 12.1 Å². The molecule has 0 aromatic heterocycles. The van der Waals surface area contributed by atoms with Gasteiger partial charge in [-0.15, -0.1) is 0 Å². The number of carbonyl (C=O) groups excluding carboxylic acids is 1. The molecule has 0 radical (unpaired) electrons. The quantitative estimate of drug-likeness (QED) is 0.390. The van der Waals surface area contributed by atoms with E-state index in [0.29, 0.717) is 13.1 Å². The van der Waals surface area contributed by atoms with Crippen LogP contribution >= 0.6 is 0 Å². The van der Waals surface area contributed by atoms with Crippen LogP contribution in [0.1, 0.15) is 20.8 Å². The molecule has 2 saturated heterocycles. The molecule has 1 amide bonds. The van der Waals surface area contributed by atoms with Crippen LogP contribution in [0.5, 0.6) is 0 Å². The smallest absolute Gasteiger partial charge is 0.219 e. The highest BCUT2D eigenvalue weighted by molar-refractivity contribution is 5.73. The van der Waals surface area contributed by atoms with Crippen molar-refractivity contribution in [2.24, 2.45) is 5.11 Å². The van der Waals surface area contributed by atoms with Crippen molar-refractivity contribution in [3.8, 4) is 0 Å². The summed E-state index contributed by atoms with van der Waals surface area (Å²) in [7, 11) is 0. The van der Waals surface area contributed by atoms with Gasteiger partial charge < -0.3 is 14.4 Å². The molecule has 7 heteroatoms. The number of hydrogen-bond donors (Lipinski definition) is 0. The minimum atomic E-state index is -0.689. The van der Waals surface area contributed by atoms with Crippen molar-refractivity contribution in [1.82, 2.24) is 4.90 Å². The largest absolute Gasteiger partial charge is 0.344 e. The first-order valence-corrected chi connectivity index (χ1v) is 5.58. The Kier molecular flexibility index (Phi) is 2.99. The van der Waals surface area contributed by atoms with E-state index < -0.39 is 5.79 Å². The number of azide groups is 1. The molecule has 2 aliphatic rings. The van der Waals surface area contributed by atoms with E-state index in [1.807, 2.05) is 13.8 Å². The molecule has 0 saturated carbocycles. The maximum absolute atomic E-state index is 11.4. The van der Waals surface area contributed by atoms with Crippen LogP contribution in [0.4, 0.5) is 0 Å². The molecule has 0 bridgehead atoms. The lowest BCUT2D eigenvalue weighted by molar-refractivity contribution is -0.147. The molecule has 2 heterocycles. The molecule has 2 fully saturated rings. The molecule has 0 unspecified atom stereocenters. The summed E-state index contributed by atoms with van der Waals surface area (Å²) < 4.78 is 11.4. The van der Waals surface area contributed by atoms with Crippen LogP contribution in [0.15, 0.2) is 5.11 Å². The third-order valence-corrected chi connectivity index (χ3v) is 3.05. The van der Waals surface area contributed by atoms with Gasteiger partial charge in [-0.05, 0) is 19.4 Å². The third-order valence-electron chi connectivity index (χ3n) is 3.05. The molecule has 2 aliphatic heterocycles. The number of fused-ring (bicyclic) bond motifs is 1. The zero-order valence-electron chi connectivity index (χ0n) is 10.2. The van der Waals surface area contributed by atoms with E-state index in [1.165, 1.54) is 6.92 Å². The number of hydrogen-bond acceptors (Lipinski definition) is 4. The molecular formula is C10H16N4O3. The molecule has 0 spiro atoms. The Labute approximate surface area is 99.3 Å². The highest BCUT2D eigenvalue weighted by Crippen LogP contribution is 2.34. The minimum absolute atomic E-state index is 0.0464. The minimum Gasteiger partial charge on any atom is -0.344 e. The maximum Gasteiger partial charge on any atom is 0.219 e. The Morgan fingerprint density at radius 3 is 2.76 bits per heavy atom. The zero-order valence-corrected chi connectivity index (χ0v) is 10.2. The Morgan fingerprint density at radius 2 is 2.18 bits per heavy atom. The molecule has 17 heavy (non-hydrogen) atoms. The van der Waals surface area contributed by atoms with Crippen LogP contribution in [-0.4, -0.2) is 47.9 Å². The summed E-state index contributed by atoms with van der Waals surface area (Å²) in [5.41, 5.74) is 8.55. The summed E-state index contributed by atoms with van der Waals surface area (Å²) in [5.74, 6) is -0.736. The lowest BCUT2D eigenvalue weighted by atomic mass is 10.0. The fourth-order valence-electron chi connectivity index (χ4n) is 2.38. The topological polar surface area (TPSA) is 87.5 Å². The molecule has 0 aromatic rings. The van der Waals surface area contributed by atoms with Gasteiger partial charge in [-0.1, -0.05) is 5.11 Å². The van der Waals surface area contributed by atoms with Crippen molar-refractivity contribution in [3.63, 3.8) is 0 Å². The van der Waals surface area contributed by atoms with Crippen molar-refractivity contribution in [2.45, 2.75) is 44.8 Å². The average molecular weight is 240 g/mol. The van der Waals surface area contributed by atoms with Gasteiger partial charge in [-0.25, -0.2) is 0 Å². The van der Waals surface area contributed by atoms with E-state index in [0.717, 1.165) is 0 Å². The number of nitrogens with zero attached hydrogens (tertiary/aromatic N) is 4. The highest BCUT2D eigenvalue weighted by atomic mass is 16.8. The molecule has 0 N–H and O–H groups in total. The molecule has 0 aromatic carbocycles. The highest BCUT2D eigenvalue weighted by Gasteiger charge is 2.49. The van der Waals surface area contributed by atoms with Crippen LogP contribution in [0, 0.1) is 0 Å². The van der Waals surface area contributed by atoms with Gasteiger partial charge in [-0.2, -0.15) is 0 Å². The second kappa shape index (κ2) is 4.18. The molecule has 2 rings (SSSR count). The average Bonchev–Trinajstić information content (AvgIpc) is 2.52. The van der Waals surface area contributed by atoms with Crippen LogP contribution < -0.4 is 0 Å². The zero-order chi connectivity index (χ0) is 12.6. The Bertz CT molecular complexity index is 378. The fourth-order valence-corrected chi connectivity index (χ4v) is 2.38. The summed E-state index contributed by atoms with van der Waals surface area (Å²) in [5, 5.41) is 3.71. The number of piperidine rings is 1. The van der Waals surface area contributed by atoms with Gasteiger partial charge >= 0.3 is 0 Å². The van der Waals surface area contributed by atoms with Gasteiger partial charge in [0.25, 0.3) is 0 Å². The first kappa shape index (κ1) is 12.2. The second-order valence-corrected chi connectivity index (χ2v) is 4.83. The van der Waals surface area contributed by atoms with Gasteiger partial charge in [0.2, 0.25) is 5.91 Å². The SMILES string of the molecule is CC(=O)N1C[C@H](N=[N+]=[N-])[C@H]2OC(C)(C)O[C@H]2C1. The Hall–Kier alpha value is -1.30. The first-order chi connectivity index (χ1) is 7.93. The van der Waals surface area contributed by atoms with Crippen LogP contribution in [0.2, 0.25) is 0 Å². The standard InChI is InChI=1S/C10H16N4O3/c1-6(15)14-4-7(12-13-11)9-8(5-14)16-10(2,3)17-9/h7-9H,4-5H2,1-3H3/t7-,8-,9+/m0/s1. The van der Waals surface area contributed by atoms with Crippen LogP contribution in [0.25, 0.3) is 10.4 Å². The number of likely N-dealkylation sites (tertiary alicyclic amines) is 1. The monoisotopic (exact) mass is 240 g/mol. The van der Waals surface area contributed by atoms with E-state index in [9.17, 15) is 4.79 Å². The van der Waals surface area contributed by atoms with Crippen LogP contribution in [0.3, 0.4) is 0 Å². The van der Waals surface area contributed by atoms with Gasteiger partial charge in [0.15, 0.2) is 5.79 Å². The fraction of sp³-hybridized carbons (Fsp3) is 0.900. The van der Waals surface area contributed by atoms with E-state index in [4.69, 9.17) is 15.0 Å². The summed E-state index contributed by atoms with van der Waals surface area (Å²) in [4.78, 5) is 15.8. The number of carbonyl (C=O) groups is 1. The number of ether oxygens (including phenoxy) is 2. The molecule has 0 aliphatic carbocycles. The first-order valence-electron chi connectivity index (χ1n) is 5.58. The lowest BCUT2D eigenvalue weighted by Crippen LogP contribution is -2.54. The summed E-state index contributed by atoms with van der Waals surface area (Å²) >= 11 is 0. The van der Waals surface area contributed by atoms with Gasteiger partial charge in [0, 0.05) is 24.9 Å².